The zero-order chi connectivity index (χ0) is 40.3. The first-order valence-electron chi connectivity index (χ1n) is 20.1. The number of aromatic nitrogens is 6. The van der Waals surface area contributed by atoms with Gasteiger partial charge in [0.1, 0.15) is 11.0 Å². The van der Waals surface area contributed by atoms with E-state index in [1.54, 1.807) is 0 Å². The third kappa shape index (κ3) is 6.13. The molecular weight excluding hydrogens is 753 g/mol. The summed E-state index contributed by atoms with van der Waals surface area (Å²) in [5, 5.41) is 2.32. The van der Waals surface area contributed by atoms with E-state index in [1.165, 1.54) is 5.39 Å². The summed E-state index contributed by atoms with van der Waals surface area (Å²) >= 11 is 0. The average Bonchev–Trinajstić information content (AvgIpc) is 4.06. The summed E-state index contributed by atoms with van der Waals surface area (Å²) in [5.41, 5.74) is 12.8. The summed E-state index contributed by atoms with van der Waals surface area (Å²) < 4.78 is 14.8. The van der Waals surface area contributed by atoms with Gasteiger partial charge in [0.2, 0.25) is 11.8 Å². The number of hydrogen-bond donors (Lipinski definition) is 0. The molecule has 12 aromatic rings. The lowest BCUT2D eigenvalue weighted by molar-refractivity contribution is 0.619. The van der Waals surface area contributed by atoms with Crippen LogP contribution in [0.4, 0.5) is 0 Å². The number of benzene rings is 8. The van der Waals surface area contributed by atoms with Gasteiger partial charge in [-0.1, -0.05) is 115 Å². The van der Waals surface area contributed by atoms with E-state index in [9.17, 15) is 0 Å². The first kappa shape index (κ1) is 34.5. The van der Waals surface area contributed by atoms with Crippen molar-refractivity contribution in [1.82, 2.24) is 29.5 Å². The van der Waals surface area contributed by atoms with Gasteiger partial charge in [-0.2, -0.15) is 0 Å². The maximum atomic E-state index is 6.38. The number of fused-ring (bicyclic) bond motifs is 5. The van der Waals surface area contributed by atoms with Crippen molar-refractivity contribution < 1.29 is 8.83 Å². The van der Waals surface area contributed by atoms with E-state index in [4.69, 9.17) is 33.8 Å². The van der Waals surface area contributed by atoms with Crippen molar-refractivity contribution in [3.8, 4) is 73.9 Å². The molecule has 0 bridgehead atoms. The summed E-state index contributed by atoms with van der Waals surface area (Å²) in [6.07, 6.45) is 0. The highest BCUT2D eigenvalue weighted by Crippen LogP contribution is 2.37. The summed E-state index contributed by atoms with van der Waals surface area (Å²) in [5.74, 6) is 2.93. The number of rotatable bonds is 7. The fourth-order valence-corrected chi connectivity index (χ4v) is 8.15. The van der Waals surface area contributed by atoms with Crippen molar-refractivity contribution in [2.75, 3.05) is 0 Å². The van der Waals surface area contributed by atoms with Crippen LogP contribution in [-0.4, -0.2) is 29.5 Å². The Hall–Kier alpha value is -8.49. The zero-order valence-corrected chi connectivity index (χ0v) is 32.5. The van der Waals surface area contributed by atoms with E-state index in [1.807, 2.05) is 121 Å². The molecule has 0 aliphatic rings. The van der Waals surface area contributed by atoms with E-state index >= 15 is 0 Å². The average molecular weight is 785 g/mol. The van der Waals surface area contributed by atoms with Crippen molar-refractivity contribution in [2.45, 2.75) is 0 Å². The van der Waals surface area contributed by atoms with Crippen LogP contribution in [0.5, 0.6) is 0 Å². The minimum Gasteiger partial charge on any atom is -0.436 e. The fourth-order valence-electron chi connectivity index (χ4n) is 8.15. The molecule has 0 spiro atoms. The van der Waals surface area contributed by atoms with Crippen LogP contribution in [0.3, 0.4) is 0 Å². The van der Waals surface area contributed by atoms with E-state index < -0.39 is 0 Å². The van der Waals surface area contributed by atoms with Crippen molar-refractivity contribution >= 4 is 44.0 Å². The van der Waals surface area contributed by atoms with Gasteiger partial charge in [0.25, 0.3) is 0 Å². The standard InChI is InChI=1S/C53H32N6O2/c1-4-13-33(14-5-1)49-56-50(34-15-6-2-7-16-34)58-51(57-49)38-24-27-47-43(31-38)54-53(61-47)39-20-12-19-36(29-39)37-23-26-46-42(30-37)41-21-10-11-22-45(41)59(46)40-25-28-48-44(32-40)55-52(60-48)35-17-8-3-9-18-35/h1-32H. The lowest BCUT2D eigenvalue weighted by Crippen LogP contribution is -2.00. The molecule has 0 fully saturated rings. The third-order valence-corrected chi connectivity index (χ3v) is 11.1. The molecule has 0 atom stereocenters. The van der Waals surface area contributed by atoms with Crippen LogP contribution in [0.25, 0.3) is 118 Å². The number of hydrogen-bond acceptors (Lipinski definition) is 7. The molecule has 4 heterocycles. The molecule has 0 aliphatic heterocycles. The minimum absolute atomic E-state index is 0.538. The lowest BCUT2D eigenvalue weighted by atomic mass is 10.0. The van der Waals surface area contributed by atoms with E-state index in [-0.39, 0.29) is 0 Å². The Balaban J connectivity index is 0.897. The van der Waals surface area contributed by atoms with E-state index in [0.717, 1.165) is 77.7 Å². The largest absolute Gasteiger partial charge is 0.436 e. The highest BCUT2D eigenvalue weighted by atomic mass is 16.4. The molecule has 0 saturated heterocycles. The molecule has 0 aliphatic carbocycles. The molecule has 8 aromatic carbocycles. The summed E-state index contributed by atoms with van der Waals surface area (Å²) in [7, 11) is 0. The predicted molar refractivity (Wildman–Crippen MR) is 242 cm³/mol. The topological polar surface area (TPSA) is 95.7 Å². The third-order valence-electron chi connectivity index (χ3n) is 11.1. The second kappa shape index (κ2) is 14.1. The van der Waals surface area contributed by atoms with Crippen molar-refractivity contribution in [3.63, 3.8) is 0 Å². The molecule has 0 radical (unpaired) electrons. The molecule has 0 unspecified atom stereocenters. The number of nitrogens with zero attached hydrogens (tertiary/aromatic N) is 6. The second-order valence-corrected chi connectivity index (χ2v) is 14.9. The van der Waals surface area contributed by atoms with Crippen LogP contribution in [0.2, 0.25) is 0 Å². The second-order valence-electron chi connectivity index (χ2n) is 14.9. The predicted octanol–water partition coefficient (Wildman–Crippen LogP) is 13.3. The summed E-state index contributed by atoms with van der Waals surface area (Å²) in [4.78, 5) is 24.5. The van der Waals surface area contributed by atoms with Crippen LogP contribution in [0.1, 0.15) is 0 Å². The van der Waals surface area contributed by atoms with Gasteiger partial charge in [-0.15, -0.1) is 0 Å². The van der Waals surface area contributed by atoms with Crippen LogP contribution < -0.4 is 0 Å². The van der Waals surface area contributed by atoms with Gasteiger partial charge in [0.05, 0.1) is 11.0 Å². The first-order valence-corrected chi connectivity index (χ1v) is 20.1. The fraction of sp³-hybridized carbons (Fsp3) is 0. The molecule has 12 rings (SSSR count). The van der Waals surface area contributed by atoms with Gasteiger partial charge in [0.15, 0.2) is 28.6 Å². The van der Waals surface area contributed by atoms with Gasteiger partial charge in [-0.25, -0.2) is 24.9 Å². The molecule has 0 saturated carbocycles. The molecule has 0 N–H and O–H groups in total. The van der Waals surface area contributed by atoms with Gasteiger partial charge in [-0.05, 0) is 90.0 Å². The Kier molecular flexibility index (Phi) is 7.99. The Morgan fingerprint density at radius 3 is 1.52 bits per heavy atom. The molecule has 8 heteroatoms. The highest BCUT2D eigenvalue weighted by Gasteiger charge is 2.18. The van der Waals surface area contributed by atoms with Gasteiger partial charge < -0.3 is 13.4 Å². The maximum Gasteiger partial charge on any atom is 0.227 e. The van der Waals surface area contributed by atoms with Crippen molar-refractivity contribution in [3.05, 3.63) is 194 Å². The van der Waals surface area contributed by atoms with Gasteiger partial charge >= 0.3 is 0 Å². The Morgan fingerprint density at radius 1 is 0.311 bits per heavy atom. The quantitative estimate of drug-likeness (QED) is 0.159. The summed E-state index contributed by atoms with van der Waals surface area (Å²) in [6.45, 7) is 0. The first-order chi connectivity index (χ1) is 30.2. The Morgan fingerprint density at radius 2 is 0.820 bits per heavy atom. The number of oxazole rings is 2. The van der Waals surface area contributed by atoms with E-state index in [2.05, 4.69) is 77.4 Å². The molecule has 0 amide bonds. The monoisotopic (exact) mass is 784 g/mol. The van der Waals surface area contributed by atoms with Gasteiger partial charge in [0, 0.05) is 44.3 Å². The zero-order valence-electron chi connectivity index (χ0n) is 32.5. The van der Waals surface area contributed by atoms with E-state index in [0.29, 0.717) is 34.8 Å². The lowest BCUT2D eigenvalue weighted by Gasteiger charge is -2.08. The SMILES string of the molecule is c1ccc(-c2nc(-c3ccccc3)nc(-c3ccc4oc(-c5cccc(-c6ccc7c(c6)c6ccccc6n7-c6ccc7oc(-c8ccccc8)nc7c6)c5)nc4c3)n2)cc1. The van der Waals surface area contributed by atoms with Crippen LogP contribution >= 0.6 is 0 Å². The minimum atomic E-state index is 0.538. The Bertz CT molecular complexity index is 3540. The molecule has 61 heavy (non-hydrogen) atoms. The smallest absolute Gasteiger partial charge is 0.227 e. The molecule has 4 aromatic heterocycles. The summed E-state index contributed by atoms with van der Waals surface area (Å²) in [6, 6.07) is 65.6. The Labute approximate surface area is 349 Å². The molecular formula is C53H32N6O2. The highest BCUT2D eigenvalue weighted by molar-refractivity contribution is 6.10. The van der Waals surface area contributed by atoms with Gasteiger partial charge in [-0.3, -0.25) is 0 Å². The maximum absolute atomic E-state index is 6.38. The van der Waals surface area contributed by atoms with Crippen LogP contribution in [-0.2, 0) is 0 Å². The molecule has 8 nitrogen and oxygen atoms in total. The van der Waals surface area contributed by atoms with Crippen LogP contribution in [0, 0.1) is 0 Å². The van der Waals surface area contributed by atoms with Crippen molar-refractivity contribution in [1.29, 1.82) is 0 Å². The van der Waals surface area contributed by atoms with Crippen molar-refractivity contribution in [2.24, 2.45) is 0 Å². The normalized spacial score (nSPS) is 11.6. The molecule has 286 valence electrons. The van der Waals surface area contributed by atoms with Crippen LogP contribution in [0.15, 0.2) is 203 Å². The number of para-hydroxylation sites is 1.